The third-order valence-corrected chi connectivity index (χ3v) is 5.66. The van der Waals surface area contributed by atoms with Crippen LogP contribution in [0.25, 0.3) is 0 Å². The van der Waals surface area contributed by atoms with Crippen molar-refractivity contribution in [2.24, 2.45) is 0 Å². The molecule has 1 aliphatic rings. The van der Waals surface area contributed by atoms with Crippen LogP contribution in [0.1, 0.15) is 35.9 Å². The van der Waals surface area contributed by atoms with Crippen molar-refractivity contribution in [2.75, 3.05) is 6.54 Å². The highest BCUT2D eigenvalue weighted by Gasteiger charge is 2.29. The second-order valence-corrected chi connectivity index (χ2v) is 7.73. The van der Waals surface area contributed by atoms with Crippen molar-refractivity contribution in [2.45, 2.75) is 50.6 Å². The first-order chi connectivity index (χ1) is 8.53. The number of sulfonamides is 1. The van der Waals surface area contributed by atoms with Crippen molar-refractivity contribution < 1.29 is 8.42 Å². The highest BCUT2D eigenvalue weighted by molar-refractivity contribution is 7.89. The molecule has 0 unspecified atom stereocenters. The Balaban J connectivity index is 2.07. The summed E-state index contributed by atoms with van der Waals surface area (Å²) in [5.74, 6) is 0. The molecule has 1 heterocycles. The summed E-state index contributed by atoms with van der Waals surface area (Å²) in [6.07, 6.45) is 3.01. The molecule has 18 heavy (non-hydrogen) atoms. The molecule has 4 nitrogen and oxygen atoms in total. The molecule has 1 aliphatic carbocycles. The zero-order valence-electron chi connectivity index (χ0n) is 10.8. The molecule has 6 heteroatoms. The van der Waals surface area contributed by atoms with Crippen molar-refractivity contribution in [3.63, 3.8) is 0 Å². The summed E-state index contributed by atoms with van der Waals surface area (Å²) in [4.78, 5) is 2.40. The van der Waals surface area contributed by atoms with Crippen LogP contribution in [0, 0.1) is 6.92 Å². The first-order valence-electron chi connectivity index (χ1n) is 6.35. The highest BCUT2D eigenvalue weighted by Crippen LogP contribution is 2.28. The quantitative estimate of drug-likeness (QED) is 0.755. The molecule has 1 aromatic rings. The molecule has 2 N–H and O–H groups in total. The molecule has 0 atom stereocenters. The number of hydrogen-bond donors (Lipinski definition) is 2. The van der Waals surface area contributed by atoms with E-state index in [2.05, 4.69) is 17.0 Å². The lowest BCUT2D eigenvalue weighted by molar-refractivity contribution is 0.581. The van der Waals surface area contributed by atoms with E-state index in [-0.39, 0.29) is 6.04 Å². The van der Waals surface area contributed by atoms with Crippen LogP contribution in [-0.4, -0.2) is 21.0 Å². The van der Waals surface area contributed by atoms with E-state index >= 15 is 0 Å². The van der Waals surface area contributed by atoms with Gasteiger partial charge in [-0.1, -0.05) is 6.92 Å². The van der Waals surface area contributed by atoms with Crippen LogP contribution in [0.5, 0.6) is 0 Å². The zero-order chi connectivity index (χ0) is 13.2. The topological polar surface area (TPSA) is 58.2 Å². The Kier molecular flexibility index (Phi) is 4.42. The zero-order valence-corrected chi connectivity index (χ0v) is 12.5. The summed E-state index contributed by atoms with van der Waals surface area (Å²) in [6.45, 7) is 5.69. The van der Waals surface area contributed by atoms with Gasteiger partial charge in [-0.3, -0.25) is 0 Å². The molecule has 2 rings (SSSR count). The number of aryl methyl sites for hydroxylation is 1. The van der Waals surface area contributed by atoms with E-state index in [0.29, 0.717) is 4.90 Å². The maximum absolute atomic E-state index is 12.1. The fourth-order valence-electron chi connectivity index (χ4n) is 1.75. The van der Waals surface area contributed by atoms with Gasteiger partial charge in [-0.25, -0.2) is 13.1 Å². The molecular weight excluding hydrogens is 268 g/mol. The summed E-state index contributed by atoms with van der Waals surface area (Å²) >= 11 is 1.56. The maximum Gasteiger partial charge on any atom is 0.241 e. The van der Waals surface area contributed by atoms with Crippen molar-refractivity contribution in [3.05, 3.63) is 15.8 Å². The molecular formula is C12H20N2O2S2. The van der Waals surface area contributed by atoms with Gasteiger partial charge in [0.1, 0.15) is 0 Å². The van der Waals surface area contributed by atoms with E-state index in [1.807, 2.05) is 6.92 Å². The fourth-order valence-corrected chi connectivity index (χ4v) is 4.66. The lowest BCUT2D eigenvalue weighted by Crippen LogP contribution is -2.25. The minimum atomic E-state index is -3.30. The standard InChI is InChI=1S/C12H20N2O2S2/c1-3-6-13-8-11-7-12(9(2)17-11)18(15,16)14-10-4-5-10/h7,10,13-14H,3-6,8H2,1-2H3. The minimum Gasteiger partial charge on any atom is -0.312 e. The van der Waals surface area contributed by atoms with Crippen molar-refractivity contribution in [1.82, 2.24) is 10.0 Å². The average Bonchev–Trinajstić information content (AvgIpc) is 3.00. The lowest BCUT2D eigenvalue weighted by Gasteiger charge is -2.03. The largest absolute Gasteiger partial charge is 0.312 e. The Morgan fingerprint density at radius 1 is 1.44 bits per heavy atom. The van der Waals surface area contributed by atoms with Gasteiger partial charge in [0.25, 0.3) is 0 Å². The molecule has 0 radical (unpaired) electrons. The lowest BCUT2D eigenvalue weighted by atomic mass is 10.4. The van der Waals surface area contributed by atoms with Crippen molar-refractivity contribution in [1.29, 1.82) is 0 Å². The molecule has 1 saturated carbocycles. The first kappa shape index (κ1) is 14.0. The summed E-state index contributed by atoms with van der Waals surface area (Å²) in [6, 6.07) is 1.96. The number of thiophene rings is 1. The molecule has 0 amide bonds. The van der Waals surface area contributed by atoms with Gasteiger partial charge >= 0.3 is 0 Å². The molecule has 102 valence electrons. The van der Waals surface area contributed by atoms with Crippen molar-refractivity contribution in [3.8, 4) is 0 Å². The number of nitrogens with one attached hydrogen (secondary N) is 2. The van der Waals surface area contributed by atoms with Crippen LogP contribution in [0.4, 0.5) is 0 Å². The summed E-state index contributed by atoms with van der Waals surface area (Å²) in [5.41, 5.74) is 0. The van der Waals surface area contributed by atoms with Gasteiger partial charge in [-0.05, 0) is 38.8 Å². The Labute approximate surface area is 113 Å². The van der Waals surface area contributed by atoms with Crippen LogP contribution < -0.4 is 10.0 Å². The second kappa shape index (κ2) is 5.69. The highest BCUT2D eigenvalue weighted by atomic mass is 32.2. The Bertz CT molecular complexity index is 504. The summed E-state index contributed by atoms with van der Waals surface area (Å²) in [5, 5.41) is 3.29. The van der Waals surface area contributed by atoms with Gasteiger partial charge in [0, 0.05) is 22.3 Å². The fraction of sp³-hybridized carbons (Fsp3) is 0.667. The third kappa shape index (κ3) is 3.54. The Morgan fingerprint density at radius 3 is 2.78 bits per heavy atom. The minimum absolute atomic E-state index is 0.163. The van der Waals surface area contributed by atoms with E-state index in [4.69, 9.17) is 0 Å². The third-order valence-electron chi connectivity index (χ3n) is 2.84. The molecule has 0 bridgehead atoms. The average molecular weight is 288 g/mol. The van der Waals surface area contributed by atoms with Crippen LogP contribution >= 0.6 is 11.3 Å². The molecule has 0 aromatic carbocycles. The predicted molar refractivity (Wildman–Crippen MR) is 74.4 cm³/mol. The van der Waals surface area contributed by atoms with Crippen LogP contribution in [0.15, 0.2) is 11.0 Å². The SMILES string of the molecule is CCCNCc1cc(S(=O)(=O)NC2CC2)c(C)s1. The van der Waals surface area contributed by atoms with Gasteiger partial charge in [-0.15, -0.1) is 11.3 Å². The van der Waals surface area contributed by atoms with E-state index in [9.17, 15) is 8.42 Å². The van der Waals surface area contributed by atoms with Gasteiger partial charge in [0.05, 0.1) is 4.90 Å². The second-order valence-electron chi connectivity index (χ2n) is 4.71. The normalized spacial score (nSPS) is 16.1. The summed E-state index contributed by atoms with van der Waals surface area (Å²) in [7, 11) is -3.30. The number of rotatable bonds is 7. The van der Waals surface area contributed by atoms with E-state index in [1.165, 1.54) is 0 Å². The molecule has 0 aliphatic heterocycles. The molecule has 0 saturated heterocycles. The van der Waals surface area contributed by atoms with Gasteiger partial charge in [-0.2, -0.15) is 0 Å². The molecule has 0 spiro atoms. The predicted octanol–water partition coefficient (Wildman–Crippen LogP) is 2.00. The van der Waals surface area contributed by atoms with Crippen molar-refractivity contribution >= 4 is 21.4 Å². The van der Waals surface area contributed by atoms with Gasteiger partial charge in [0.15, 0.2) is 0 Å². The number of hydrogen-bond acceptors (Lipinski definition) is 4. The van der Waals surface area contributed by atoms with E-state index < -0.39 is 10.0 Å². The Morgan fingerprint density at radius 2 is 2.17 bits per heavy atom. The van der Waals surface area contributed by atoms with Crippen LogP contribution in [0.2, 0.25) is 0 Å². The van der Waals surface area contributed by atoms with Crippen LogP contribution in [-0.2, 0) is 16.6 Å². The van der Waals surface area contributed by atoms with Gasteiger partial charge in [0.2, 0.25) is 10.0 Å². The smallest absolute Gasteiger partial charge is 0.241 e. The molecule has 1 fully saturated rings. The monoisotopic (exact) mass is 288 g/mol. The summed E-state index contributed by atoms with van der Waals surface area (Å²) < 4.78 is 27.0. The van der Waals surface area contributed by atoms with Crippen LogP contribution in [0.3, 0.4) is 0 Å². The van der Waals surface area contributed by atoms with Gasteiger partial charge < -0.3 is 5.32 Å². The Hall–Kier alpha value is -0.430. The maximum atomic E-state index is 12.1. The van der Waals surface area contributed by atoms with E-state index in [1.54, 1.807) is 17.4 Å². The first-order valence-corrected chi connectivity index (χ1v) is 8.65. The van der Waals surface area contributed by atoms with E-state index in [0.717, 1.165) is 42.1 Å². The molecule has 1 aromatic heterocycles.